The molecule has 1 aliphatic rings. The Balaban J connectivity index is 1.87. The Kier molecular flexibility index (Phi) is 5.12. The molecule has 1 aromatic rings. The number of aromatic nitrogens is 2. The smallest absolute Gasteiger partial charge is 0.131 e. The van der Waals surface area contributed by atoms with Crippen LogP contribution >= 0.6 is 0 Å². The van der Waals surface area contributed by atoms with Crippen LogP contribution in [0.1, 0.15) is 63.3 Å². The summed E-state index contributed by atoms with van der Waals surface area (Å²) in [5.41, 5.74) is 1.19. The van der Waals surface area contributed by atoms with Crippen LogP contribution < -0.4 is 5.32 Å². The van der Waals surface area contributed by atoms with Gasteiger partial charge in [-0.05, 0) is 31.7 Å². The lowest BCUT2D eigenvalue weighted by molar-refractivity contribution is 0.339. The van der Waals surface area contributed by atoms with Crippen molar-refractivity contribution in [3.8, 4) is 0 Å². The average molecular weight is 247 g/mol. The van der Waals surface area contributed by atoms with Gasteiger partial charge in [0.1, 0.15) is 5.82 Å². The minimum atomic E-state index is 0.596. The van der Waals surface area contributed by atoms with Gasteiger partial charge in [0.05, 0.1) is 0 Å². The first kappa shape index (κ1) is 13.5. The largest absolute Gasteiger partial charge is 0.313 e. The normalized spacial score (nSPS) is 24.1. The van der Waals surface area contributed by atoms with Crippen LogP contribution in [0, 0.1) is 5.92 Å². The molecule has 0 aliphatic heterocycles. The Bertz CT molecular complexity index is 339. The van der Waals surface area contributed by atoms with E-state index in [1.165, 1.54) is 37.7 Å². The Morgan fingerprint density at radius 3 is 2.44 bits per heavy atom. The molecule has 100 valence electrons. The maximum Gasteiger partial charge on any atom is 0.131 e. The lowest BCUT2D eigenvalue weighted by Crippen LogP contribution is -2.16. The van der Waals surface area contributed by atoms with Gasteiger partial charge in [0.25, 0.3) is 0 Å². The molecule has 2 rings (SSSR count). The van der Waals surface area contributed by atoms with Crippen LogP contribution in [0.3, 0.4) is 0 Å². The molecule has 1 N–H and O–H groups in total. The highest BCUT2D eigenvalue weighted by atomic mass is 14.9. The van der Waals surface area contributed by atoms with Crippen molar-refractivity contribution in [3.63, 3.8) is 0 Å². The van der Waals surface area contributed by atoms with Gasteiger partial charge >= 0.3 is 0 Å². The monoisotopic (exact) mass is 247 g/mol. The van der Waals surface area contributed by atoms with E-state index in [-0.39, 0.29) is 0 Å². The van der Waals surface area contributed by atoms with Crippen LogP contribution in [-0.4, -0.2) is 16.5 Å². The van der Waals surface area contributed by atoms with E-state index < -0.39 is 0 Å². The van der Waals surface area contributed by atoms with Gasteiger partial charge in [0.15, 0.2) is 0 Å². The average Bonchev–Trinajstić information content (AvgIpc) is 2.41. The van der Waals surface area contributed by atoms with E-state index in [4.69, 9.17) is 0 Å². The molecule has 1 saturated carbocycles. The quantitative estimate of drug-likeness (QED) is 0.811. The summed E-state index contributed by atoms with van der Waals surface area (Å²) in [5, 5.41) is 3.38. The maximum atomic E-state index is 4.56. The van der Waals surface area contributed by atoms with Crippen LogP contribution in [0.15, 0.2) is 12.4 Å². The molecule has 3 heteroatoms. The van der Waals surface area contributed by atoms with Crippen LogP contribution in [0.25, 0.3) is 0 Å². The molecule has 0 aromatic carbocycles. The van der Waals surface area contributed by atoms with Gasteiger partial charge in [-0.3, -0.25) is 0 Å². The van der Waals surface area contributed by atoms with Crippen molar-refractivity contribution < 1.29 is 0 Å². The molecular weight excluding hydrogens is 222 g/mol. The van der Waals surface area contributed by atoms with E-state index in [9.17, 15) is 0 Å². The Hall–Kier alpha value is -0.960. The van der Waals surface area contributed by atoms with Gasteiger partial charge in [-0.1, -0.05) is 26.7 Å². The number of rotatable bonds is 5. The molecule has 0 atom stereocenters. The summed E-state index contributed by atoms with van der Waals surface area (Å²) in [4.78, 5) is 9.11. The maximum absolute atomic E-state index is 4.56. The summed E-state index contributed by atoms with van der Waals surface area (Å²) in [6.07, 6.45) is 10.3. The molecule has 18 heavy (non-hydrogen) atoms. The summed E-state index contributed by atoms with van der Waals surface area (Å²) < 4.78 is 0. The van der Waals surface area contributed by atoms with Crippen molar-refractivity contribution in [2.75, 3.05) is 6.54 Å². The second kappa shape index (κ2) is 6.83. The zero-order chi connectivity index (χ0) is 12.8. The van der Waals surface area contributed by atoms with E-state index in [1.807, 2.05) is 12.4 Å². The number of hydrogen-bond donors (Lipinski definition) is 1. The second-order valence-corrected chi connectivity index (χ2v) is 5.58. The van der Waals surface area contributed by atoms with E-state index in [1.54, 1.807) is 0 Å². The van der Waals surface area contributed by atoms with Crippen LogP contribution in [-0.2, 0) is 6.54 Å². The van der Waals surface area contributed by atoms with Gasteiger partial charge in [-0.2, -0.15) is 0 Å². The first-order valence-electron chi connectivity index (χ1n) is 7.31. The van der Waals surface area contributed by atoms with Crippen molar-refractivity contribution in [2.24, 2.45) is 5.92 Å². The van der Waals surface area contributed by atoms with E-state index in [0.717, 1.165) is 24.8 Å². The molecule has 1 heterocycles. The number of hydrogen-bond acceptors (Lipinski definition) is 3. The predicted molar refractivity (Wildman–Crippen MR) is 74.4 cm³/mol. The van der Waals surface area contributed by atoms with Gasteiger partial charge in [-0.15, -0.1) is 0 Å². The zero-order valence-electron chi connectivity index (χ0n) is 11.7. The third-order valence-corrected chi connectivity index (χ3v) is 3.86. The summed E-state index contributed by atoms with van der Waals surface area (Å²) in [6, 6.07) is 0. The van der Waals surface area contributed by atoms with Crippen LogP contribution in [0.2, 0.25) is 0 Å². The molecule has 0 spiro atoms. The minimum absolute atomic E-state index is 0.596. The van der Waals surface area contributed by atoms with Crippen molar-refractivity contribution in [1.29, 1.82) is 0 Å². The summed E-state index contributed by atoms with van der Waals surface area (Å²) in [7, 11) is 0. The summed E-state index contributed by atoms with van der Waals surface area (Å²) >= 11 is 0. The lowest BCUT2D eigenvalue weighted by Gasteiger charge is -2.24. The molecule has 1 aromatic heterocycles. The fourth-order valence-electron chi connectivity index (χ4n) is 2.59. The molecule has 0 radical (unpaired) electrons. The Morgan fingerprint density at radius 1 is 1.17 bits per heavy atom. The van der Waals surface area contributed by atoms with Crippen LogP contribution in [0.5, 0.6) is 0 Å². The predicted octanol–water partition coefficient (Wildman–Crippen LogP) is 3.27. The van der Waals surface area contributed by atoms with E-state index in [0.29, 0.717) is 5.92 Å². The lowest BCUT2D eigenvalue weighted by atomic mass is 9.82. The summed E-state index contributed by atoms with van der Waals surface area (Å²) in [6.45, 7) is 6.47. The summed E-state index contributed by atoms with van der Waals surface area (Å²) in [5.74, 6) is 2.54. The van der Waals surface area contributed by atoms with E-state index in [2.05, 4.69) is 29.1 Å². The standard InChI is InChI=1S/C15H25N3/c1-3-8-16-9-13-10-17-15(18-11-13)14-6-4-12(2)5-7-14/h10-12,14,16H,3-9H2,1-2H3. The molecule has 0 bridgehead atoms. The highest BCUT2D eigenvalue weighted by Crippen LogP contribution is 2.33. The Labute approximate surface area is 110 Å². The zero-order valence-corrected chi connectivity index (χ0v) is 11.7. The van der Waals surface area contributed by atoms with Gasteiger partial charge in [-0.25, -0.2) is 9.97 Å². The fourth-order valence-corrected chi connectivity index (χ4v) is 2.59. The fraction of sp³-hybridized carbons (Fsp3) is 0.733. The highest BCUT2D eigenvalue weighted by molar-refractivity contribution is 5.07. The van der Waals surface area contributed by atoms with Crippen molar-refractivity contribution in [1.82, 2.24) is 15.3 Å². The first-order valence-corrected chi connectivity index (χ1v) is 7.31. The third kappa shape index (κ3) is 3.77. The van der Waals surface area contributed by atoms with E-state index >= 15 is 0 Å². The molecule has 3 nitrogen and oxygen atoms in total. The SMILES string of the molecule is CCCNCc1cnc(C2CCC(C)CC2)nc1. The van der Waals surface area contributed by atoms with Crippen LogP contribution in [0.4, 0.5) is 0 Å². The first-order chi connectivity index (χ1) is 8.79. The molecule has 1 aliphatic carbocycles. The number of nitrogens with one attached hydrogen (secondary N) is 1. The molecule has 0 unspecified atom stereocenters. The van der Waals surface area contributed by atoms with Gasteiger partial charge in [0, 0.05) is 30.4 Å². The van der Waals surface area contributed by atoms with Crippen molar-refractivity contribution >= 4 is 0 Å². The second-order valence-electron chi connectivity index (χ2n) is 5.58. The van der Waals surface area contributed by atoms with Crippen molar-refractivity contribution in [2.45, 2.75) is 58.4 Å². The Morgan fingerprint density at radius 2 is 1.83 bits per heavy atom. The van der Waals surface area contributed by atoms with Gasteiger partial charge < -0.3 is 5.32 Å². The highest BCUT2D eigenvalue weighted by Gasteiger charge is 2.21. The molecule has 1 fully saturated rings. The molecular formula is C15H25N3. The molecule has 0 amide bonds. The van der Waals surface area contributed by atoms with Gasteiger partial charge in [0.2, 0.25) is 0 Å². The minimum Gasteiger partial charge on any atom is -0.313 e. The van der Waals surface area contributed by atoms with Crippen molar-refractivity contribution in [3.05, 3.63) is 23.8 Å². The third-order valence-electron chi connectivity index (χ3n) is 3.86. The molecule has 0 saturated heterocycles. The number of nitrogens with zero attached hydrogens (tertiary/aromatic N) is 2. The topological polar surface area (TPSA) is 37.8 Å².